The highest BCUT2D eigenvalue weighted by Gasteiger charge is 2.37. The van der Waals surface area contributed by atoms with E-state index in [1.165, 1.54) is 6.07 Å². The molecule has 15 heavy (non-hydrogen) atoms. The molecular formula is C11H12F3N. The summed E-state index contributed by atoms with van der Waals surface area (Å²) < 4.78 is 38.1. The molecule has 2 N–H and O–H groups in total. The third-order valence-corrected chi connectivity index (χ3v) is 2.97. The van der Waals surface area contributed by atoms with Crippen LogP contribution in [-0.2, 0) is 12.6 Å². The first-order valence-corrected chi connectivity index (χ1v) is 4.86. The number of halogens is 3. The standard InChI is InChI=1S/C11H12F3N/c1-6-2-4-8(11(12,13)14)10-7(6)3-5-9(10)15/h2,4,9H,3,5,15H2,1H3/t9-/m0/s1. The van der Waals surface area contributed by atoms with Crippen LogP contribution in [-0.4, -0.2) is 0 Å². The lowest BCUT2D eigenvalue weighted by molar-refractivity contribution is -0.138. The maximum absolute atomic E-state index is 12.7. The van der Waals surface area contributed by atoms with Crippen molar-refractivity contribution in [2.45, 2.75) is 32.0 Å². The van der Waals surface area contributed by atoms with Crippen molar-refractivity contribution >= 4 is 0 Å². The Balaban J connectivity index is 2.64. The SMILES string of the molecule is Cc1ccc(C(F)(F)F)c2c1CC[C@@H]2N. The number of rotatable bonds is 0. The van der Waals surface area contributed by atoms with Crippen molar-refractivity contribution in [1.82, 2.24) is 0 Å². The second-order valence-corrected chi connectivity index (χ2v) is 3.97. The highest BCUT2D eigenvalue weighted by atomic mass is 19.4. The summed E-state index contributed by atoms with van der Waals surface area (Å²) in [4.78, 5) is 0. The highest BCUT2D eigenvalue weighted by molar-refractivity contribution is 5.46. The fraction of sp³-hybridized carbons (Fsp3) is 0.455. The van der Waals surface area contributed by atoms with Crippen molar-refractivity contribution in [1.29, 1.82) is 0 Å². The Labute approximate surface area is 86.1 Å². The molecule has 4 heteroatoms. The Hall–Kier alpha value is -1.03. The quantitative estimate of drug-likeness (QED) is 0.707. The topological polar surface area (TPSA) is 26.0 Å². The Bertz CT molecular complexity index is 396. The lowest BCUT2D eigenvalue weighted by Crippen LogP contribution is -2.15. The predicted octanol–water partition coefficient (Wildman–Crippen LogP) is 2.96. The molecule has 1 aliphatic carbocycles. The van der Waals surface area contributed by atoms with Crippen LogP contribution in [0.5, 0.6) is 0 Å². The summed E-state index contributed by atoms with van der Waals surface area (Å²) in [6, 6.07) is 2.20. The van der Waals surface area contributed by atoms with Crippen molar-refractivity contribution in [3.05, 3.63) is 34.4 Å². The van der Waals surface area contributed by atoms with Crippen molar-refractivity contribution < 1.29 is 13.2 Å². The average molecular weight is 215 g/mol. The number of aryl methyl sites for hydroxylation is 1. The molecule has 0 saturated heterocycles. The van der Waals surface area contributed by atoms with Gasteiger partial charge in [-0.2, -0.15) is 13.2 Å². The monoisotopic (exact) mass is 215 g/mol. The maximum Gasteiger partial charge on any atom is 0.416 e. The van der Waals surface area contributed by atoms with Crippen LogP contribution in [0, 0.1) is 6.92 Å². The summed E-state index contributed by atoms with van der Waals surface area (Å²) >= 11 is 0. The van der Waals surface area contributed by atoms with Gasteiger partial charge in [0.05, 0.1) is 5.56 Å². The number of nitrogens with two attached hydrogens (primary N) is 1. The van der Waals surface area contributed by atoms with E-state index in [9.17, 15) is 13.2 Å². The Morgan fingerprint density at radius 2 is 2.00 bits per heavy atom. The van der Waals surface area contributed by atoms with Gasteiger partial charge in [-0.1, -0.05) is 6.07 Å². The number of hydrogen-bond acceptors (Lipinski definition) is 1. The van der Waals surface area contributed by atoms with Gasteiger partial charge in [-0.05, 0) is 42.5 Å². The summed E-state index contributed by atoms with van der Waals surface area (Å²) in [5, 5.41) is 0. The van der Waals surface area contributed by atoms with Crippen LogP contribution in [0.15, 0.2) is 12.1 Å². The van der Waals surface area contributed by atoms with Gasteiger partial charge in [-0.15, -0.1) is 0 Å². The zero-order valence-electron chi connectivity index (χ0n) is 8.36. The normalized spacial score (nSPS) is 20.5. The van der Waals surface area contributed by atoms with E-state index in [0.29, 0.717) is 18.4 Å². The van der Waals surface area contributed by atoms with E-state index in [1.807, 2.05) is 6.92 Å². The zero-order valence-corrected chi connectivity index (χ0v) is 8.36. The Morgan fingerprint density at radius 3 is 2.60 bits per heavy atom. The molecule has 1 aromatic rings. The van der Waals surface area contributed by atoms with Crippen molar-refractivity contribution in [3.63, 3.8) is 0 Å². The number of benzene rings is 1. The molecule has 0 unspecified atom stereocenters. The summed E-state index contributed by atoms with van der Waals surface area (Å²) in [5.74, 6) is 0. The van der Waals surface area contributed by atoms with Gasteiger partial charge in [-0.25, -0.2) is 0 Å². The molecule has 82 valence electrons. The van der Waals surface area contributed by atoms with E-state index in [2.05, 4.69) is 0 Å². The van der Waals surface area contributed by atoms with E-state index < -0.39 is 17.8 Å². The molecular weight excluding hydrogens is 203 g/mol. The van der Waals surface area contributed by atoms with Crippen LogP contribution in [0.25, 0.3) is 0 Å². The first-order chi connectivity index (χ1) is 6.91. The smallest absolute Gasteiger partial charge is 0.324 e. The van der Waals surface area contributed by atoms with Crippen LogP contribution in [0.4, 0.5) is 13.2 Å². The minimum absolute atomic E-state index is 0.308. The van der Waals surface area contributed by atoms with Gasteiger partial charge in [-0.3, -0.25) is 0 Å². The molecule has 0 heterocycles. The van der Waals surface area contributed by atoms with Crippen molar-refractivity contribution in [2.24, 2.45) is 5.73 Å². The first-order valence-electron chi connectivity index (χ1n) is 4.86. The summed E-state index contributed by atoms with van der Waals surface area (Å²) in [7, 11) is 0. The Kier molecular flexibility index (Phi) is 2.26. The van der Waals surface area contributed by atoms with Crippen molar-refractivity contribution in [3.8, 4) is 0 Å². The zero-order chi connectivity index (χ0) is 11.2. The molecule has 0 aromatic heterocycles. The van der Waals surface area contributed by atoms with Crippen LogP contribution in [0.2, 0.25) is 0 Å². The second-order valence-electron chi connectivity index (χ2n) is 3.97. The molecule has 1 atom stereocenters. The molecule has 0 fully saturated rings. The van der Waals surface area contributed by atoms with Gasteiger partial charge < -0.3 is 5.73 Å². The molecule has 0 spiro atoms. The fourth-order valence-corrected chi connectivity index (χ4v) is 2.22. The number of fused-ring (bicyclic) bond motifs is 1. The number of alkyl halides is 3. The largest absolute Gasteiger partial charge is 0.416 e. The van der Waals surface area contributed by atoms with Gasteiger partial charge >= 0.3 is 6.18 Å². The molecule has 1 aromatic carbocycles. The lowest BCUT2D eigenvalue weighted by Gasteiger charge is -2.16. The molecule has 0 saturated carbocycles. The van der Waals surface area contributed by atoms with Crippen LogP contribution in [0.3, 0.4) is 0 Å². The average Bonchev–Trinajstić information content (AvgIpc) is 2.48. The van der Waals surface area contributed by atoms with Crippen LogP contribution >= 0.6 is 0 Å². The molecule has 0 bridgehead atoms. The van der Waals surface area contributed by atoms with E-state index in [4.69, 9.17) is 5.73 Å². The first kappa shape index (κ1) is 10.5. The maximum atomic E-state index is 12.7. The summed E-state index contributed by atoms with van der Waals surface area (Å²) in [6.45, 7) is 1.83. The van der Waals surface area contributed by atoms with E-state index in [0.717, 1.165) is 17.2 Å². The van der Waals surface area contributed by atoms with Gasteiger partial charge in [0, 0.05) is 6.04 Å². The van der Waals surface area contributed by atoms with Crippen LogP contribution < -0.4 is 5.73 Å². The van der Waals surface area contributed by atoms with Gasteiger partial charge in [0.25, 0.3) is 0 Å². The lowest BCUT2D eigenvalue weighted by atomic mass is 9.97. The number of hydrogen-bond donors (Lipinski definition) is 1. The molecule has 1 aliphatic rings. The summed E-state index contributed by atoms with van der Waals surface area (Å²) in [5.41, 5.74) is 7.16. The van der Waals surface area contributed by atoms with E-state index in [-0.39, 0.29) is 0 Å². The molecule has 0 aliphatic heterocycles. The van der Waals surface area contributed by atoms with Crippen molar-refractivity contribution in [2.75, 3.05) is 0 Å². The highest BCUT2D eigenvalue weighted by Crippen LogP contribution is 2.41. The van der Waals surface area contributed by atoms with E-state index in [1.54, 1.807) is 0 Å². The van der Waals surface area contributed by atoms with E-state index >= 15 is 0 Å². The molecule has 0 radical (unpaired) electrons. The summed E-state index contributed by atoms with van der Waals surface area (Å²) in [6.07, 6.45) is -3.02. The van der Waals surface area contributed by atoms with Gasteiger partial charge in [0.1, 0.15) is 0 Å². The third kappa shape index (κ3) is 1.63. The Morgan fingerprint density at radius 1 is 1.33 bits per heavy atom. The fourth-order valence-electron chi connectivity index (χ4n) is 2.22. The van der Waals surface area contributed by atoms with Gasteiger partial charge in [0.2, 0.25) is 0 Å². The minimum Gasteiger partial charge on any atom is -0.324 e. The molecule has 1 nitrogen and oxygen atoms in total. The predicted molar refractivity (Wildman–Crippen MR) is 51.4 cm³/mol. The molecule has 0 amide bonds. The second kappa shape index (κ2) is 3.23. The third-order valence-electron chi connectivity index (χ3n) is 2.97. The van der Waals surface area contributed by atoms with Crippen LogP contribution in [0.1, 0.15) is 34.7 Å². The minimum atomic E-state index is -4.29. The molecule has 2 rings (SSSR count). The van der Waals surface area contributed by atoms with Gasteiger partial charge in [0.15, 0.2) is 0 Å².